The van der Waals surface area contributed by atoms with Crippen LogP contribution in [0.2, 0.25) is 5.02 Å². The number of benzene rings is 2. The van der Waals surface area contributed by atoms with E-state index in [0.717, 1.165) is 27.4 Å². The molecule has 0 spiro atoms. The highest BCUT2D eigenvalue weighted by molar-refractivity contribution is 7.16. The summed E-state index contributed by atoms with van der Waals surface area (Å²) < 4.78 is 10.9. The average Bonchev–Trinajstić information content (AvgIpc) is 3.03. The Hall–Kier alpha value is -2.57. The standard InChI is InChI=1S/C21H21ClN2O3S/c1-13-12-15(4-9-18(13)26-3)20-14(2)28-21(24-20)23-19(25)10-11-27-17-7-5-16(22)6-8-17/h4-9,12H,10-11H2,1-3H3,(H,23,24,25). The summed E-state index contributed by atoms with van der Waals surface area (Å²) >= 11 is 7.29. The van der Waals surface area contributed by atoms with Gasteiger partial charge < -0.3 is 14.8 Å². The summed E-state index contributed by atoms with van der Waals surface area (Å²) in [7, 11) is 1.65. The highest BCUT2D eigenvalue weighted by Gasteiger charge is 2.13. The van der Waals surface area contributed by atoms with Crippen molar-refractivity contribution in [2.75, 3.05) is 19.0 Å². The van der Waals surface area contributed by atoms with Crippen LogP contribution in [0.25, 0.3) is 11.3 Å². The van der Waals surface area contributed by atoms with E-state index in [2.05, 4.69) is 10.3 Å². The topological polar surface area (TPSA) is 60.5 Å². The molecule has 0 aliphatic rings. The lowest BCUT2D eigenvalue weighted by molar-refractivity contribution is -0.116. The molecule has 0 aliphatic heterocycles. The minimum absolute atomic E-state index is 0.139. The summed E-state index contributed by atoms with van der Waals surface area (Å²) in [6, 6.07) is 13.0. The number of ether oxygens (including phenoxy) is 2. The molecule has 0 radical (unpaired) electrons. The van der Waals surface area contributed by atoms with Gasteiger partial charge in [-0.1, -0.05) is 11.6 Å². The Morgan fingerprint density at radius 1 is 1.18 bits per heavy atom. The van der Waals surface area contributed by atoms with Gasteiger partial charge in [0, 0.05) is 15.5 Å². The second-order valence-electron chi connectivity index (χ2n) is 6.21. The van der Waals surface area contributed by atoms with Crippen LogP contribution < -0.4 is 14.8 Å². The van der Waals surface area contributed by atoms with Gasteiger partial charge in [0.05, 0.1) is 25.8 Å². The molecule has 0 saturated heterocycles. The number of hydrogen-bond donors (Lipinski definition) is 1. The third-order valence-corrected chi connectivity index (χ3v) is 5.26. The number of carbonyl (C=O) groups excluding carboxylic acids is 1. The molecule has 0 atom stereocenters. The van der Waals surface area contributed by atoms with Gasteiger partial charge in [-0.25, -0.2) is 4.98 Å². The SMILES string of the molecule is COc1ccc(-c2nc(NC(=O)CCOc3ccc(Cl)cc3)sc2C)cc1C. The van der Waals surface area contributed by atoms with Gasteiger partial charge in [-0.15, -0.1) is 11.3 Å². The Bertz CT molecular complexity index is 970. The first kappa shape index (κ1) is 20.2. The van der Waals surface area contributed by atoms with E-state index in [1.165, 1.54) is 11.3 Å². The van der Waals surface area contributed by atoms with Gasteiger partial charge in [0.2, 0.25) is 5.91 Å². The minimum atomic E-state index is -0.139. The van der Waals surface area contributed by atoms with Crippen LogP contribution >= 0.6 is 22.9 Å². The summed E-state index contributed by atoms with van der Waals surface area (Å²) in [5.74, 6) is 1.38. The Morgan fingerprint density at radius 3 is 2.61 bits per heavy atom. The van der Waals surface area contributed by atoms with Crippen molar-refractivity contribution >= 4 is 34.0 Å². The van der Waals surface area contributed by atoms with E-state index in [1.807, 2.05) is 32.0 Å². The van der Waals surface area contributed by atoms with E-state index in [1.54, 1.807) is 31.4 Å². The summed E-state index contributed by atoms with van der Waals surface area (Å²) in [5.41, 5.74) is 2.90. The van der Waals surface area contributed by atoms with Gasteiger partial charge in [0.1, 0.15) is 11.5 Å². The fraction of sp³-hybridized carbons (Fsp3) is 0.238. The third kappa shape index (κ3) is 5.03. The van der Waals surface area contributed by atoms with Crippen LogP contribution in [-0.2, 0) is 4.79 Å². The molecule has 1 heterocycles. The van der Waals surface area contributed by atoms with Crippen LogP contribution in [0, 0.1) is 13.8 Å². The molecular weight excluding hydrogens is 396 g/mol. The molecule has 5 nitrogen and oxygen atoms in total. The number of rotatable bonds is 7. The fourth-order valence-corrected chi connectivity index (χ4v) is 3.70. The first-order chi connectivity index (χ1) is 13.5. The smallest absolute Gasteiger partial charge is 0.229 e. The molecule has 1 aromatic heterocycles. The van der Waals surface area contributed by atoms with Crippen LogP contribution in [0.1, 0.15) is 16.9 Å². The second kappa shape index (κ2) is 9.08. The van der Waals surface area contributed by atoms with E-state index < -0.39 is 0 Å². The van der Waals surface area contributed by atoms with Gasteiger partial charge >= 0.3 is 0 Å². The molecule has 0 bridgehead atoms. The summed E-state index contributed by atoms with van der Waals surface area (Å²) in [4.78, 5) is 17.8. The molecule has 3 rings (SSSR count). The summed E-state index contributed by atoms with van der Waals surface area (Å²) in [5, 5.41) is 4.07. The summed E-state index contributed by atoms with van der Waals surface area (Å²) in [6.07, 6.45) is 0.234. The maximum atomic E-state index is 12.2. The zero-order valence-electron chi connectivity index (χ0n) is 15.9. The second-order valence-corrected chi connectivity index (χ2v) is 7.85. The van der Waals surface area contributed by atoms with Crippen molar-refractivity contribution in [3.63, 3.8) is 0 Å². The number of thiazole rings is 1. The molecule has 146 valence electrons. The molecule has 0 unspecified atom stereocenters. The minimum Gasteiger partial charge on any atom is -0.496 e. The van der Waals surface area contributed by atoms with Crippen molar-refractivity contribution in [1.29, 1.82) is 0 Å². The Balaban J connectivity index is 1.59. The number of nitrogens with zero attached hydrogens (tertiary/aromatic N) is 1. The average molecular weight is 417 g/mol. The van der Waals surface area contributed by atoms with Crippen molar-refractivity contribution in [2.45, 2.75) is 20.3 Å². The predicted octanol–water partition coefficient (Wildman–Crippen LogP) is 5.50. The monoisotopic (exact) mass is 416 g/mol. The van der Waals surface area contributed by atoms with E-state index in [0.29, 0.717) is 15.9 Å². The number of aromatic nitrogens is 1. The van der Waals surface area contributed by atoms with Crippen molar-refractivity contribution in [2.24, 2.45) is 0 Å². The highest BCUT2D eigenvalue weighted by Crippen LogP contribution is 2.32. The van der Waals surface area contributed by atoms with E-state index >= 15 is 0 Å². The molecule has 1 amide bonds. The van der Waals surface area contributed by atoms with Crippen LogP contribution in [0.15, 0.2) is 42.5 Å². The molecule has 28 heavy (non-hydrogen) atoms. The zero-order valence-corrected chi connectivity index (χ0v) is 17.5. The van der Waals surface area contributed by atoms with Crippen LogP contribution in [0.3, 0.4) is 0 Å². The molecule has 3 aromatic rings. The van der Waals surface area contributed by atoms with Gasteiger partial charge in [0.25, 0.3) is 0 Å². The van der Waals surface area contributed by atoms with E-state index in [4.69, 9.17) is 21.1 Å². The highest BCUT2D eigenvalue weighted by atomic mass is 35.5. The van der Waals surface area contributed by atoms with Crippen molar-refractivity contribution in [1.82, 2.24) is 4.98 Å². The lowest BCUT2D eigenvalue weighted by Crippen LogP contribution is -2.15. The molecule has 0 saturated carbocycles. The van der Waals surface area contributed by atoms with Crippen LogP contribution in [0.5, 0.6) is 11.5 Å². The number of methoxy groups -OCH3 is 1. The quantitative estimate of drug-likeness (QED) is 0.552. The Morgan fingerprint density at radius 2 is 1.93 bits per heavy atom. The van der Waals surface area contributed by atoms with Crippen molar-refractivity contribution in [3.05, 3.63) is 57.9 Å². The Kier molecular flexibility index (Phi) is 6.54. The number of hydrogen-bond acceptors (Lipinski definition) is 5. The maximum absolute atomic E-state index is 12.2. The van der Waals surface area contributed by atoms with Crippen LogP contribution in [-0.4, -0.2) is 24.6 Å². The van der Waals surface area contributed by atoms with E-state index in [9.17, 15) is 4.79 Å². The first-order valence-corrected chi connectivity index (χ1v) is 9.96. The zero-order chi connectivity index (χ0) is 20.1. The number of amides is 1. The fourth-order valence-electron chi connectivity index (χ4n) is 2.72. The lowest BCUT2D eigenvalue weighted by Gasteiger charge is -2.06. The number of nitrogens with one attached hydrogen (secondary N) is 1. The predicted molar refractivity (Wildman–Crippen MR) is 114 cm³/mol. The number of aryl methyl sites for hydroxylation is 2. The third-order valence-electron chi connectivity index (χ3n) is 4.12. The number of halogens is 1. The molecular formula is C21H21ClN2O3S. The number of carbonyl (C=O) groups is 1. The van der Waals surface area contributed by atoms with Gasteiger partial charge in [-0.3, -0.25) is 4.79 Å². The number of anilines is 1. The van der Waals surface area contributed by atoms with Gasteiger partial charge in [0.15, 0.2) is 5.13 Å². The lowest BCUT2D eigenvalue weighted by atomic mass is 10.1. The van der Waals surface area contributed by atoms with Crippen LogP contribution in [0.4, 0.5) is 5.13 Å². The Labute approximate surface area is 173 Å². The first-order valence-electron chi connectivity index (χ1n) is 8.77. The normalized spacial score (nSPS) is 10.6. The molecule has 0 fully saturated rings. The molecule has 7 heteroatoms. The van der Waals surface area contributed by atoms with E-state index in [-0.39, 0.29) is 18.9 Å². The molecule has 1 N–H and O–H groups in total. The molecule has 2 aromatic carbocycles. The van der Waals surface area contributed by atoms with Gasteiger partial charge in [-0.2, -0.15) is 0 Å². The largest absolute Gasteiger partial charge is 0.496 e. The molecule has 0 aliphatic carbocycles. The van der Waals surface area contributed by atoms with Crippen molar-refractivity contribution < 1.29 is 14.3 Å². The van der Waals surface area contributed by atoms with Gasteiger partial charge in [-0.05, 0) is 61.9 Å². The summed E-state index contributed by atoms with van der Waals surface area (Å²) in [6.45, 7) is 4.27. The maximum Gasteiger partial charge on any atom is 0.229 e. The van der Waals surface area contributed by atoms with Crippen molar-refractivity contribution in [3.8, 4) is 22.8 Å².